The van der Waals surface area contributed by atoms with E-state index in [1.54, 1.807) is 0 Å². The van der Waals surface area contributed by atoms with Gasteiger partial charge in [0, 0.05) is 28.4 Å². The van der Waals surface area contributed by atoms with Crippen LogP contribution >= 0.6 is 11.8 Å². The Kier molecular flexibility index (Phi) is 5.39. The third-order valence-electron chi connectivity index (χ3n) is 3.19. The molecule has 1 aromatic rings. The minimum absolute atomic E-state index is 0.642. The zero-order valence-corrected chi connectivity index (χ0v) is 12.2. The highest BCUT2D eigenvalue weighted by Gasteiger charge is 2.11. The van der Waals surface area contributed by atoms with Gasteiger partial charge in [0.1, 0.15) is 0 Å². The molecule has 100 valence electrons. The van der Waals surface area contributed by atoms with E-state index in [1.165, 1.54) is 36.4 Å². The Hall–Kier alpha value is -0.670. The Labute approximate surface area is 115 Å². The molecule has 0 radical (unpaired) electrons. The van der Waals surface area contributed by atoms with E-state index < -0.39 is 0 Å². The maximum Gasteiger partial charge on any atom is 0.0341 e. The van der Waals surface area contributed by atoms with Crippen molar-refractivity contribution in [2.24, 2.45) is 0 Å². The number of piperidine rings is 1. The van der Waals surface area contributed by atoms with Crippen molar-refractivity contribution in [2.75, 3.05) is 18.4 Å². The van der Waals surface area contributed by atoms with Crippen molar-refractivity contribution < 1.29 is 0 Å². The molecule has 1 saturated heterocycles. The van der Waals surface area contributed by atoms with Crippen molar-refractivity contribution in [1.82, 2.24) is 5.32 Å². The first-order valence-electron chi connectivity index (χ1n) is 6.98. The van der Waals surface area contributed by atoms with E-state index in [0.29, 0.717) is 11.3 Å². The fourth-order valence-electron chi connectivity index (χ4n) is 2.26. The summed E-state index contributed by atoms with van der Waals surface area (Å²) >= 11 is 1.91. The summed E-state index contributed by atoms with van der Waals surface area (Å²) in [5.41, 5.74) is 1.23. The van der Waals surface area contributed by atoms with Gasteiger partial charge in [0.15, 0.2) is 0 Å². The molecule has 2 N–H and O–H groups in total. The van der Waals surface area contributed by atoms with Crippen LogP contribution in [-0.2, 0) is 0 Å². The number of hydrogen-bond acceptors (Lipinski definition) is 3. The van der Waals surface area contributed by atoms with Crippen LogP contribution in [0.25, 0.3) is 0 Å². The van der Waals surface area contributed by atoms with Crippen molar-refractivity contribution in [3.8, 4) is 0 Å². The second kappa shape index (κ2) is 7.05. The molecular weight excluding hydrogens is 240 g/mol. The molecule has 0 bridgehead atoms. The zero-order chi connectivity index (χ0) is 12.8. The van der Waals surface area contributed by atoms with Crippen molar-refractivity contribution in [3.63, 3.8) is 0 Å². The summed E-state index contributed by atoms with van der Waals surface area (Å²) < 4.78 is 0. The van der Waals surface area contributed by atoms with Crippen LogP contribution in [-0.4, -0.2) is 24.4 Å². The summed E-state index contributed by atoms with van der Waals surface area (Å²) in [6.07, 6.45) is 4.00. The monoisotopic (exact) mass is 264 g/mol. The molecule has 0 aliphatic carbocycles. The molecule has 0 amide bonds. The highest BCUT2D eigenvalue weighted by Crippen LogP contribution is 2.24. The predicted octanol–water partition coefficient (Wildman–Crippen LogP) is 3.74. The molecular formula is C15H24N2S. The van der Waals surface area contributed by atoms with Gasteiger partial charge in [-0.1, -0.05) is 20.3 Å². The average molecular weight is 264 g/mol. The normalized spacial score (nSPS) is 20.1. The van der Waals surface area contributed by atoms with Gasteiger partial charge in [0.25, 0.3) is 0 Å². The van der Waals surface area contributed by atoms with Crippen LogP contribution in [0.2, 0.25) is 0 Å². The van der Waals surface area contributed by atoms with Crippen LogP contribution in [0.1, 0.15) is 33.1 Å². The van der Waals surface area contributed by atoms with E-state index in [1.807, 2.05) is 11.8 Å². The van der Waals surface area contributed by atoms with E-state index in [9.17, 15) is 0 Å². The molecule has 1 fully saturated rings. The van der Waals surface area contributed by atoms with E-state index in [2.05, 4.69) is 48.7 Å². The fraction of sp³-hybridized carbons (Fsp3) is 0.600. The highest BCUT2D eigenvalue weighted by atomic mass is 32.2. The lowest BCUT2D eigenvalue weighted by Gasteiger charge is -2.24. The van der Waals surface area contributed by atoms with Crippen molar-refractivity contribution >= 4 is 17.4 Å². The fourth-order valence-corrected chi connectivity index (χ4v) is 3.10. The van der Waals surface area contributed by atoms with Gasteiger partial charge in [0.2, 0.25) is 0 Å². The maximum absolute atomic E-state index is 3.56. The van der Waals surface area contributed by atoms with Crippen molar-refractivity contribution in [2.45, 2.75) is 49.3 Å². The number of nitrogens with one attached hydrogen (secondary N) is 2. The summed E-state index contributed by atoms with van der Waals surface area (Å²) in [7, 11) is 0. The minimum Gasteiger partial charge on any atom is -0.383 e. The van der Waals surface area contributed by atoms with Crippen LogP contribution in [0.15, 0.2) is 29.2 Å². The topological polar surface area (TPSA) is 24.1 Å². The van der Waals surface area contributed by atoms with Gasteiger partial charge >= 0.3 is 0 Å². The van der Waals surface area contributed by atoms with Crippen molar-refractivity contribution in [3.05, 3.63) is 24.3 Å². The molecule has 2 rings (SSSR count). The molecule has 0 saturated carbocycles. The summed E-state index contributed by atoms with van der Waals surface area (Å²) in [6, 6.07) is 9.44. The first-order chi connectivity index (χ1) is 8.74. The number of rotatable bonds is 5. The number of anilines is 1. The lowest BCUT2D eigenvalue weighted by Crippen LogP contribution is -2.39. The van der Waals surface area contributed by atoms with E-state index in [4.69, 9.17) is 0 Å². The first-order valence-corrected chi connectivity index (χ1v) is 7.86. The molecule has 1 aliphatic rings. The van der Waals surface area contributed by atoms with Gasteiger partial charge in [-0.25, -0.2) is 0 Å². The standard InChI is InChI=1S/C15H24N2S/c1-12(2)18-15-8-6-13(7-9-15)17-11-14-5-3-4-10-16-14/h6-9,12,14,16-17H,3-5,10-11H2,1-2H3. The smallest absolute Gasteiger partial charge is 0.0341 e. The van der Waals surface area contributed by atoms with Crippen LogP contribution in [0.5, 0.6) is 0 Å². The highest BCUT2D eigenvalue weighted by molar-refractivity contribution is 7.99. The summed E-state index contributed by atoms with van der Waals surface area (Å²) in [4.78, 5) is 1.35. The second-order valence-corrected chi connectivity index (χ2v) is 6.87. The van der Waals surface area contributed by atoms with Gasteiger partial charge in [-0.3, -0.25) is 0 Å². The third-order valence-corrected chi connectivity index (χ3v) is 4.21. The number of hydrogen-bond donors (Lipinski definition) is 2. The molecule has 3 heteroatoms. The van der Waals surface area contributed by atoms with E-state index in [-0.39, 0.29) is 0 Å². The Balaban J connectivity index is 1.78. The van der Waals surface area contributed by atoms with Gasteiger partial charge in [-0.2, -0.15) is 0 Å². The van der Waals surface area contributed by atoms with Crippen LogP contribution in [0.3, 0.4) is 0 Å². The van der Waals surface area contributed by atoms with Gasteiger partial charge in [-0.05, 0) is 43.7 Å². The maximum atomic E-state index is 3.56. The first kappa shape index (κ1) is 13.8. The predicted molar refractivity (Wildman–Crippen MR) is 81.6 cm³/mol. The molecule has 1 aromatic carbocycles. The Morgan fingerprint density at radius 3 is 2.67 bits per heavy atom. The molecule has 1 atom stereocenters. The second-order valence-electron chi connectivity index (χ2n) is 5.22. The quantitative estimate of drug-likeness (QED) is 0.792. The average Bonchev–Trinajstić information content (AvgIpc) is 2.38. The zero-order valence-electron chi connectivity index (χ0n) is 11.4. The summed E-state index contributed by atoms with van der Waals surface area (Å²) in [5.74, 6) is 0. The molecule has 0 spiro atoms. The van der Waals surface area contributed by atoms with Gasteiger partial charge in [0.05, 0.1) is 0 Å². The Morgan fingerprint density at radius 1 is 1.28 bits per heavy atom. The molecule has 1 unspecified atom stereocenters. The molecule has 0 aromatic heterocycles. The SMILES string of the molecule is CC(C)Sc1ccc(NCC2CCCCN2)cc1. The number of benzene rings is 1. The van der Waals surface area contributed by atoms with Crippen LogP contribution in [0, 0.1) is 0 Å². The van der Waals surface area contributed by atoms with E-state index >= 15 is 0 Å². The largest absolute Gasteiger partial charge is 0.383 e. The van der Waals surface area contributed by atoms with Crippen LogP contribution < -0.4 is 10.6 Å². The van der Waals surface area contributed by atoms with Crippen molar-refractivity contribution in [1.29, 1.82) is 0 Å². The molecule has 1 aliphatic heterocycles. The molecule has 2 nitrogen and oxygen atoms in total. The van der Waals surface area contributed by atoms with Crippen LogP contribution in [0.4, 0.5) is 5.69 Å². The van der Waals surface area contributed by atoms with Gasteiger partial charge in [-0.15, -0.1) is 11.8 Å². The van der Waals surface area contributed by atoms with Gasteiger partial charge < -0.3 is 10.6 Å². The van der Waals surface area contributed by atoms with E-state index in [0.717, 1.165) is 6.54 Å². The molecule has 18 heavy (non-hydrogen) atoms. The minimum atomic E-state index is 0.642. The lowest BCUT2D eigenvalue weighted by atomic mass is 10.1. The third kappa shape index (κ3) is 4.54. The number of thioether (sulfide) groups is 1. The Morgan fingerprint density at radius 2 is 2.06 bits per heavy atom. The Bertz CT molecular complexity index is 342. The summed E-state index contributed by atoms with van der Waals surface area (Å²) in [5, 5.41) is 7.73. The lowest BCUT2D eigenvalue weighted by molar-refractivity contribution is 0.414. The summed E-state index contributed by atoms with van der Waals surface area (Å²) in [6.45, 7) is 6.67. The molecule has 1 heterocycles.